The molecule has 2 aromatic carbocycles. The van der Waals surface area contributed by atoms with E-state index in [2.05, 4.69) is 10.1 Å². The molecule has 0 aliphatic heterocycles. The Morgan fingerprint density at radius 1 is 1.00 bits per heavy atom. The maximum atomic E-state index is 12.5. The summed E-state index contributed by atoms with van der Waals surface area (Å²) in [5.41, 5.74) is 1.09. The van der Waals surface area contributed by atoms with Gasteiger partial charge in [0.2, 0.25) is 0 Å². The van der Waals surface area contributed by atoms with Crippen molar-refractivity contribution in [2.75, 3.05) is 14.2 Å². The van der Waals surface area contributed by atoms with Gasteiger partial charge in [-0.05, 0) is 42.8 Å². The largest absolute Gasteiger partial charge is 0.497 e. The number of carbonyl (C=O) groups excluding carboxylic acids is 1. The normalized spacial score (nSPS) is 11.8. The average molecular weight is 351 g/mol. The molecule has 5 nitrogen and oxygen atoms in total. The summed E-state index contributed by atoms with van der Waals surface area (Å²) in [6, 6.07) is 10.7. The molecule has 7 heteroatoms. The van der Waals surface area contributed by atoms with E-state index in [9.17, 15) is 13.6 Å². The molecule has 0 radical (unpaired) electrons. The molecule has 0 aliphatic carbocycles. The van der Waals surface area contributed by atoms with Crippen LogP contribution in [-0.4, -0.2) is 26.7 Å². The summed E-state index contributed by atoms with van der Waals surface area (Å²) < 4.78 is 39.0. The molecule has 0 fully saturated rings. The first kappa shape index (κ1) is 18.5. The molecule has 0 saturated heterocycles. The third kappa shape index (κ3) is 4.82. The van der Waals surface area contributed by atoms with Gasteiger partial charge in [-0.1, -0.05) is 12.1 Å². The minimum Gasteiger partial charge on any atom is -0.497 e. The van der Waals surface area contributed by atoms with Crippen molar-refractivity contribution in [3.63, 3.8) is 0 Å². The molecule has 1 N–H and O–H groups in total. The van der Waals surface area contributed by atoms with Gasteiger partial charge < -0.3 is 19.5 Å². The van der Waals surface area contributed by atoms with Crippen molar-refractivity contribution >= 4 is 5.91 Å². The lowest BCUT2D eigenvalue weighted by Gasteiger charge is -2.16. The van der Waals surface area contributed by atoms with Crippen molar-refractivity contribution in [2.45, 2.75) is 19.6 Å². The maximum absolute atomic E-state index is 12.5. The number of methoxy groups -OCH3 is 2. The van der Waals surface area contributed by atoms with Crippen LogP contribution in [0.5, 0.6) is 17.2 Å². The second-order valence-corrected chi connectivity index (χ2v) is 5.21. The number of hydrogen-bond donors (Lipinski definition) is 1. The first-order valence-corrected chi connectivity index (χ1v) is 7.52. The number of carbonyl (C=O) groups is 1. The van der Waals surface area contributed by atoms with E-state index in [4.69, 9.17) is 9.47 Å². The van der Waals surface area contributed by atoms with Gasteiger partial charge in [0.25, 0.3) is 5.91 Å². The molecule has 0 spiro atoms. The molecule has 1 unspecified atom stereocenters. The lowest BCUT2D eigenvalue weighted by Crippen LogP contribution is -2.27. The van der Waals surface area contributed by atoms with Crippen molar-refractivity contribution in [2.24, 2.45) is 0 Å². The van der Waals surface area contributed by atoms with Gasteiger partial charge in [-0.25, -0.2) is 0 Å². The number of halogens is 2. The van der Waals surface area contributed by atoms with Crippen LogP contribution < -0.4 is 19.5 Å². The molecule has 0 heterocycles. The van der Waals surface area contributed by atoms with Crippen LogP contribution in [0.4, 0.5) is 8.78 Å². The smallest absolute Gasteiger partial charge is 0.387 e. The van der Waals surface area contributed by atoms with Crippen molar-refractivity contribution in [1.29, 1.82) is 0 Å². The van der Waals surface area contributed by atoms with Crippen molar-refractivity contribution in [3.8, 4) is 17.2 Å². The summed E-state index contributed by atoms with van der Waals surface area (Å²) in [4.78, 5) is 12.5. The predicted octanol–water partition coefficient (Wildman–Crippen LogP) is 3.80. The number of rotatable bonds is 7. The summed E-state index contributed by atoms with van der Waals surface area (Å²) >= 11 is 0. The van der Waals surface area contributed by atoms with Gasteiger partial charge in [0.15, 0.2) is 0 Å². The summed E-state index contributed by atoms with van der Waals surface area (Å²) in [5.74, 6) is 0.682. The second-order valence-electron chi connectivity index (χ2n) is 5.21. The van der Waals surface area contributed by atoms with E-state index < -0.39 is 6.61 Å². The van der Waals surface area contributed by atoms with Crippen LogP contribution >= 0.6 is 0 Å². The molecular formula is C18H19F2NO4. The van der Waals surface area contributed by atoms with E-state index in [0.717, 1.165) is 5.56 Å². The fourth-order valence-electron chi connectivity index (χ4n) is 2.29. The van der Waals surface area contributed by atoms with Gasteiger partial charge in [0.1, 0.15) is 17.2 Å². The van der Waals surface area contributed by atoms with Gasteiger partial charge >= 0.3 is 6.61 Å². The number of amides is 1. The Labute approximate surface area is 144 Å². The first-order valence-electron chi connectivity index (χ1n) is 7.52. The molecule has 0 saturated carbocycles. The predicted molar refractivity (Wildman–Crippen MR) is 88.5 cm³/mol. The van der Waals surface area contributed by atoms with E-state index in [1.54, 1.807) is 37.3 Å². The molecule has 0 aliphatic rings. The molecule has 1 atom stereocenters. The molecule has 0 bridgehead atoms. The van der Waals surface area contributed by atoms with E-state index in [1.807, 2.05) is 0 Å². The number of alkyl halides is 2. The fourth-order valence-corrected chi connectivity index (χ4v) is 2.29. The molecule has 2 aromatic rings. The van der Waals surface area contributed by atoms with E-state index >= 15 is 0 Å². The van der Waals surface area contributed by atoms with Crippen LogP contribution in [0.3, 0.4) is 0 Å². The Morgan fingerprint density at radius 2 is 1.64 bits per heavy atom. The quantitative estimate of drug-likeness (QED) is 0.824. The summed E-state index contributed by atoms with van der Waals surface area (Å²) in [5, 5.41) is 2.84. The molecule has 134 valence electrons. The average Bonchev–Trinajstić information content (AvgIpc) is 2.61. The summed E-state index contributed by atoms with van der Waals surface area (Å²) in [6.45, 7) is -1.09. The summed E-state index contributed by atoms with van der Waals surface area (Å²) in [6.07, 6.45) is 0. The number of benzene rings is 2. The highest BCUT2D eigenvalue weighted by molar-refractivity contribution is 5.97. The zero-order valence-electron chi connectivity index (χ0n) is 14.1. The molecule has 1 amide bonds. The lowest BCUT2D eigenvalue weighted by atomic mass is 10.1. The van der Waals surface area contributed by atoms with Gasteiger partial charge in [-0.15, -0.1) is 0 Å². The summed E-state index contributed by atoms with van der Waals surface area (Å²) in [7, 11) is 2.99. The van der Waals surface area contributed by atoms with Crippen LogP contribution in [0.2, 0.25) is 0 Å². The fraction of sp³-hybridized carbons (Fsp3) is 0.278. The molecular weight excluding hydrogens is 332 g/mol. The van der Waals surface area contributed by atoms with Crippen LogP contribution in [0.1, 0.15) is 28.9 Å². The topological polar surface area (TPSA) is 56.8 Å². The van der Waals surface area contributed by atoms with E-state index in [1.165, 1.54) is 26.4 Å². The van der Waals surface area contributed by atoms with Crippen molar-refractivity contribution in [1.82, 2.24) is 5.32 Å². The molecule has 25 heavy (non-hydrogen) atoms. The van der Waals surface area contributed by atoms with E-state index in [0.29, 0.717) is 17.1 Å². The molecule has 2 rings (SSSR count). The van der Waals surface area contributed by atoms with Crippen LogP contribution in [-0.2, 0) is 0 Å². The zero-order chi connectivity index (χ0) is 18.4. The third-order valence-electron chi connectivity index (χ3n) is 3.60. The van der Waals surface area contributed by atoms with Gasteiger partial charge in [0.05, 0.1) is 25.8 Å². The first-order chi connectivity index (χ1) is 11.9. The standard InChI is InChI=1S/C18H19F2NO4/c1-11(12-4-6-13(7-5-12)25-18(19)20)21-17(22)15-10-14(23-2)8-9-16(15)24-3/h4-11,18H,1-3H3,(H,21,22). The number of ether oxygens (including phenoxy) is 3. The Morgan fingerprint density at radius 3 is 2.20 bits per heavy atom. The highest BCUT2D eigenvalue weighted by Crippen LogP contribution is 2.25. The number of nitrogens with one attached hydrogen (secondary N) is 1. The lowest BCUT2D eigenvalue weighted by molar-refractivity contribution is -0.0498. The van der Waals surface area contributed by atoms with Crippen LogP contribution in [0.25, 0.3) is 0 Å². The SMILES string of the molecule is COc1ccc(OC)c(C(=O)NC(C)c2ccc(OC(F)F)cc2)c1. The zero-order valence-corrected chi connectivity index (χ0v) is 14.1. The minimum absolute atomic E-state index is 0.0618. The monoisotopic (exact) mass is 351 g/mol. The highest BCUT2D eigenvalue weighted by Gasteiger charge is 2.17. The minimum atomic E-state index is -2.87. The Bertz CT molecular complexity index is 720. The Kier molecular flexibility index (Phi) is 6.16. The van der Waals surface area contributed by atoms with Gasteiger partial charge in [-0.2, -0.15) is 8.78 Å². The third-order valence-corrected chi connectivity index (χ3v) is 3.60. The van der Waals surface area contributed by atoms with Crippen LogP contribution in [0, 0.1) is 0 Å². The van der Waals surface area contributed by atoms with Gasteiger partial charge in [-0.3, -0.25) is 4.79 Å². The Hall–Kier alpha value is -2.83. The second kappa shape index (κ2) is 8.32. The molecule has 0 aromatic heterocycles. The van der Waals surface area contributed by atoms with Crippen LogP contribution in [0.15, 0.2) is 42.5 Å². The maximum Gasteiger partial charge on any atom is 0.387 e. The number of hydrogen-bond acceptors (Lipinski definition) is 4. The van der Waals surface area contributed by atoms with Gasteiger partial charge in [0, 0.05) is 0 Å². The highest BCUT2D eigenvalue weighted by atomic mass is 19.3. The Balaban J connectivity index is 2.12. The van der Waals surface area contributed by atoms with Crippen molar-refractivity contribution < 1.29 is 27.8 Å². The van der Waals surface area contributed by atoms with E-state index in [-0.39, 0.29) is 17.7 Å². The van der Waals surface area contributed by atoms with Crippen molar-refractivity contribution in [3.05, 3.63) is 53.6 Å².